The number of nitrogens with zero attached hydrogens (tertiary/aromatic N) is 5. The first-order chi connectivity index (χ1) is 8.84. The number of aromatic nitrogens is 2. The van der Waals surface area contributed by atoms with Gasteiger partial charge in [0.1, 0.15) is 0 Å². The quantitative estimate of drug-likeness (QED) is 0.251. The third kappa shape index (κ3) is 2.51. The first-order valence-corrected chi connectivity index (χ1v) is 6.71. The molecule has 8 heteroatoms. The summed E-state index contributed by atoms with van der Waals surface area (Å²) in [6.07, 6.45) is 0.695. The number of guanidine groups is 1. The minimum atomic E-state index is -1.51. The molecule has 0 fully saturated rings. The summed E-state index contributed by atoms with van der Waals surface area (Å²) in [6.45, 7) is 6.50. The van der Waals surface area contributed by atoms with Crippen LogP contribution in [0.4, 0.5) is 4.39 Å². The van der Waals surface area contributed by atoms with Crippen LogP contribution in [0.5, 0.6) is 0 Å². The van der Waals surface area contributed by atoms with E-state index in [0.29, 0.717) is 13.0 Å². The lowest BCUT2D eigenvalue weighted by atomic mass is 9.98. The van der Waals surface area contributed by atoms with Gasteiger partial charge in [0.05, 0.1) is 6.42 Å². The Kier molecular flexibility index (Phi) is 3.41. The number of nitrogens with two attached hydrogens (primary N) is 1. The van der Waals surface area contributed by atoms with E-state index in [1.807, 2.05) is 20.8 Å². The summed E-state index contributed by atoms with van der Waals surface area (Å²) < 4.78 is 15.7. The van der Waals surface area contributed by atoms with Crippen molar-refractivity contribution < 1.29 is 9.07 Å². The van der Waals surface area contributed by atoms with Crippen molar-refractivity contribution in [3.8, 4) is 6.19 Å². The zero-order valence-electron chi connectivity index (χ0n) is 11.1. The molecule has 0 aliphatic carbocycles. The molecule has 0 saturated heterocycles. The van der Waals surface area contributed by atoms with E-state index in [0.717, 1.165) is 10.0 Å². The number of halogens is 1. The monoisotopic (exact) mass is 283 g/mol. The van der Waals surface area contributed by atoms with E-state index >= 15 is 0 Å². The molecule has 2 heterocycles. The van der Waals surface area contributed by atoms with Crippen LogP contribution in [0.2, 0.25) is 0 Å². The molecule has 102 valence electrons. The number of aliphatic imine (C=N–C) groups is 1. The Morgan fingerprint density at radius 2 is 2.37 bits per heavy atom. The van der Waals surface area contributed by atoms with Crippen molar-refractivity contribution in [3.05, 3.63) is 10.0 Å². The highest BCUT2D eigenvalue weighted by Crippen LogP contribution is 2.28. The summed E-state index contributed by atoms with van der Waals surface area (Å²) in [5.74, 6) is -0.113. The number of alkyl halides is 1. The van der Waals surface area contributed by atoms with Crippen molar-refractivity contribution in [1.29, 1.82) is 5.26 Å². The van der Waals surface area contributed by atoms with E-state index in [4.69, 9.17) is 11.0 Å². The molecular formula is C11H16FN6S+. The second kappa shape index (κ2) is 4.74. The number of nitriles is 1. The molecule has 0 saturated carbocycles. The lowest BCUT2D eigenvalue weighted by Gasteiger charge is -2.23. The normalized spacial score (nSPS) is 20.1. The molecule has 1 aromatic rings. The topological polar surface area (TPSA) is 82.2 Å². The third-order valence-corrected chi connectivity index (χ3v) is 4.31. The van der Waals surface area contributed by atoms with Gasteiger partial charge in [-0.15, -0.1) is 9.38 Å². The highest BCUT2D eigenvalue weighted by molar-refractivity contribution is 7.11. The Balaban J connectivity index is 2.34. The molecule has 0 amide bonds. The van der Waals surface area contributed by atoms with E-state index in [2.05, 4.69) is 10.1 Å². The van der Waals surface area contributed by atoms with Crippen LogP contribution in [0.25, 0.3) is 0 Å². The van der Waals surface area contributed by atoms with Crippen LogP contribution in [0.1, 0.15) is 37.2 Å². The molecule has 2 N–H and O–H groups in total. The van der Waals surface area contributed by atoms with Crippen molar-refractivity contribution in [1.82, 2.24) is 10.00 Å². The van der Waals surface area contributed by atoms with Crippen LogP contribution in [-0.2, 0) is 11.8 Å². The molecule has 1 aromatic heterocycles. The summed E-state index contributed by atoms with van der Waals surface area (Å²) in [5, 5.41) is 14.5. The molecule has 1 aliphatic heterocycles. The van der Waals surface area contributed by atoms with Gasteiger partial charge in [-0.3, -0.25) is 4.90 Å². The minimum Gasteiger partial charge on any atom is -0.369 e. The first kappa shape index (κ1) is 13.7. The molecule has 0 bridgehead atoms. The van der Waals surface area contributed by atoms with E-state index in [9.17, 15) is 4.39 Å². The van der Waals surface area contributed by atoms with Crippen molar-refractivity contribution >= 4 is 17.3 Å². The van der Waals surface area contributed by atoms with Crippen molar-refractivity contribution in [2.75, 3.05) is 6.54 Å². The van der Waals surface area contributed by atoms with Gasteiger partial charge >= 0.3 is 6.42 Å². The van der Waals surface area contributed by atoms with E-state index < -0.39 is 6.42 Å². The van der Waals surface area contributed by atoms with Gasteiger partial charge in [-0.2, -0.15) is 5.26 Å². The molecule has 0 aromatic carbocycles. The van der Waals surface area contributed by atoms with Crippen LogP contribution >= 0.6 is 11.3 Å². The Morgan fingerprint density at radius 1 is 1.68 bits per heavy atom. The third-order valence-electron chi connectivity index (χ3n) is 2.79. The molecule has 1 unspecified atom stereocenters. The lowest BCUT2D eigenvalue weighted by Crippen LogP contribution is -2.58. The standard InChI is InChI=1S/C11H16FN6S/c1-11(2,3)8-16-18-7(19-8)4-5-17(9(18)12)10(14)15-6-13/h9H,4-5H2,1-3H3,(H2,14,15)/q+1. The smallest absolute Gasteiger partial charge is 0.369 e. The summed E-state index contributed by atoms with van der Waals surface area (Å²) in [6, 6.07) is 0. The zero-order chi connectivity index (χ0) is 14.2. The van der Waals surface area contributed by atoms with Crippen molar-refractivity contribution in [2.45, 2.75) is 39.0 Å². The summed E-state index contributed by atoms with van der Waals surface area (Å²) in [7, 11) is 0. The molecule has 1 aliphatic rings. The molecule has 2 rings (SSSR count). The highest BCUT2D eigenvalue weighted by atomic mass is 32.1. The van der Waals surface area contributed by atoms with Crippen molar-refractivity contribution in [2.24, 2.45) is 10.7 Å². The predicted octanol–water partition coefficient (Wildman–Crippen LogP) is 0.808. The van der Waals surface area contributed by atoms with Crippen molar-refractivity contribution in [3.63, 3.8) is 0 Å². The van der Waals surface area contributed by atoms with E-state index in [1.165, 1.54) is 20.9 Å². The summed E-state index contributed by atoms with van der Waals surface area (Å²) in [5.41, 5.74) is 5.46. The molecule has 0 spiro atoms. The van der Waals surface area contributed by atoms with E-state index in [-0.39, 0.29) is 11.4 Å². The average molecular weight is 283 g/mol. The Bertz CT molecular complexity index is 553. The number of hydrogen-bond acceptors (Lipinski definition) is 4. The second-order valence-electron chi connectivity index (χ2n) is 5.32. The van der Waals surface area contributed by atoms with Crippen LogP contribution in [0.3, 0.4) is 0 Å². The number of rotatable bonds is 0. The molecule has 19 heavy (non-hydrogen) atoms. The Labute approximate surface area is 115 Å². The van der Waals surface area contributed by atoms with E-state index in [1.54, 1.807) is 6.19 Å². The Hall–Kier alpha value is -1.75. The fourth-order valence-corrected chi connectivity index (χ4v) is 2.83. The van der Waals surface area contributed by atoms with Gasteiger partial charge < -0.3 is 5.73 Å². The second-order valence-corrected chi connectivity index (χ2v) is 6.38. The fraction of sp³-hybridized carbons (Fsp3) is 0.636. The maximum absolute atomic E-state index is 14.4. The maximum atomic E-state index is 14.4. The average Bonchev–Trinajstić information content (AvgIpc) is 2.74. The van der Waals surface area contributed by atoms with Gasteiger partial charge in [-0.25, -0.2) is 0 Å². The molecule has 6 nitrogen and oxygen atoms in total. The zero-order valence-corrected chi connectivity index (χ0v) is 11.9. The van der Waals surface area contributed by atoms with Crippen LogP contribution < -0.4 is 10.4 Å². The first-order valence-electron chi connectivity index (χ1n) is 5.89. The molecular weight excluding hydrogens is 267 g/mol. The largest absolute Gasteiger partial charge is 0.410 e. The maximum Gasteiger partial charge on any atom is 0.410 e. The van der Waals surface area contributed by atoms with Crippen LogP contribution in [-0.4, -0.2) is 22.5 Å². The lowest BCUT2D eigenvalue weighted by molar-refractivity contribution is -0.821. The van der Waals surface area contributed by atoms with Gasteiger partial charge in [0.25, 0.3) is 5.01 Å². The van der Waals surface area contributed by atoms with Crippen LogP contribution in [0.15, 0.2) is 4.99 Å². The van der Waals surface area contributed by atoms with Gasteiger partial charge in [-0.05, 0) is 16.0 Å². The minimum absolute atomic E-state index is 0.113. The highest BCUT2D eigenvalue weighted by Gasteiger charge is 2.41. The SMILES string of the molecule is CC(C)(C)c1n[n+]2c(s1)CCN(C(N)=NC#N)C2F. The number of fused-ring (bicyclic) bond motifs is 1. The fourth-order valence-electron chi connectivity index (χ4n) is 1.76. The summed E-state index contributed by atoms with van der Waals surface area (Å²) in [4.78, 5) is 4.61. The predicted molar refractivity (Wildman–Crippen MR) is 68.8 cm³/mol. The van der Waals surface area contributed by atoms with Gasteiger partial charge in [-0.1, -0.05) is 20.8 Å². The van der Waals surface area contributed by atoms with Gasteiger partial charge in [0, 0.05) is 17.1 Å². The Morgan fingerprint density at radius 3 is 2.95 bits per heavy atom. The van der Waals surface area contributed by atoms with Gasteiger partial charge in [0.15, 0.2) is 5.01 Å². The summed E-state index contributed by atoms with van der Waals surface area (Å²) >= 11 is 1.51. The molecule has 1 atom stereocenters. The molecule has 0 radical (unpaired) electrons. The number of hydrogen-bond donors (Lipinski definition) is 1. The van der Waals surface area contributed by atoms with Crippen LogP contribution in [0, 0.1) is 11.5 Å². The van der Waals surface area contributed by atoms with Gasteiger partial charge in [0.2, 0.25) is 12.2 Å².